The van der Waals surface area contributed by atoms with Gasteiger partial charge in [0, 0.05) is 26.2 Å². The Morgan fingerprint density at radius 3 is 2.37 bits per heavy atom. The third kappa shape index (κ3) is 6.43. The van der Waals surface area contributed by atoms with E-state index in [1.54, 1.807) is 14.2 Å². The molecule has 7 heteroatoms. The second-order valence-electron chi connectivity index (χ2n) is 8.34. The van der Waals surface area contributed by atoms with Gasteiger partial charge in [-0.3, -0.25) is 4.79 Å². The lowest BCUT2D eigenvalue weighted by atomic mass is 9.85. The Labute approximate surface area is 178 Å². The maximum Gasteiger partial charge on any atom is 0.272 e. The smallest absolute Gasteiger partial charge is 0.272 e. The van der Waals surface area contributed by atoms with Crippen LogP contribution < -0.4 is 16.2 Å². The fourth-order valence-corrected chi connectivity index (χ4v) is 3.23. The molecular weight excluding hydrogens is 380 g/mol. The van der Waals surface area contributed by atoms with Crippen molar-refractivity contribution in [2.75, 3.05) is 32.6 Å². The van der Waals surface area contributed by atoms with Crippen molar-refractivity contribution in [1.29, 1.82) is 0 Å². The minimum atomic E-state index is -0.167. The Balaban J connectivity index is 0.00000101. The van der Waals surface area contributed by atoms with Crippen LogP contribution in [0.2, 0.25) is 0 Å². The molecule has 0 saturated carbocycles. The maximum absolute atomic E-state index is 11.8. The molecule has 1 unspecified atom stereocenters. The summed E-state index contributed by atoms with van der Waals surface area (Å²) < 4.78 is 10.1. The number of aromatic amines is 1. The standard InChI is InChI=1S/C21H28N4O2.C2H6O/c1-14-10-11-17(27-14)18(21(2,3)4)22-12-7-13-23-19-15-8-5-6-9-16(15)20(26)25-24-19;1-3-2/h5-6,8-11,18,22H,7,12-13H2,1-4H3,(H,23,24)(H,25,26);1-2H3. The van der Waals surface area contributed by atoms with Gasteiger partial charge in [0.1, 0.15) is 11.5 Å². The number of rotatable bonds is 7. The third-order valence-corrected chi connectivity index (χ3v) is 4.60. The molecule has 0 aliphatic carbocycles. The van der Waals surface area contributed by atoms with Gasteiger partial charge in [0.05, 0.1) is 11.4 Å². The lowest BCUT2D eigenvalue weighted by molar-refractivity contribution is 0.235. The lowest BCUT2D eigenvalue weighted by Crippen LogP contribution is -2.33. The van der Waals surface area contributed by atoms with Crippen molar-refractivity contribution in [2.24, 2.45) is 5.41 Å². The second kappa shape index (κ2) is 10.9. The normalized spacial score (nSPS) is 12.3. The summed E-state index contributed by atoms with van der Waals surface area (Å²) in [4.78, 5) is 11.8. The van der Waals surface area contributed by atoms with Crippen LogP contribution in [-0.4, -0.2) is 37.5 Å². The number of nitrogens with zero attached hydrogens (tertiary/aromatic N) is 1. The van der Waals surface area contributed by atoms with Gasteiger partial charge in [-0.1, -0.05) is 39.0 Å². The van der Waals surface area contributed by atoms with Gasteiger partial charge < -0.3 is 19.8 Å². The average molecular weight is 415 g/mol. The van der Waals surface area contributed by atoms with Gasteiger partial charge in [-0.25, -0.2) is 5.10 Å². The summed E-state index contributed by atoms with van der Waals surface area (Å²) in [5, 5.41) is 15.1. The van der Waals surface area contributed by atoms with Gasteiger partial charge in [-0.2, -0.15) is 5.10 Å². The van der Waals surface area contributed by atoms with Crippen molar-refractivity contribution >= 4 is 16.6 Å². The van der Waals surface area contributed by atoms with Crippen molar-refractivity contribution in [2.45, 2.75) is 40.2 Å². The van der Waals surface area contributed by atoms with E-state index in [9.17, 15) is 4.79 Å². The van der Waals surface area contributed by atoms with E-state index < -0.39 is 0 Å². The zero-order valence-electron chi connectivity index (χ0n) is 18.8. The van der Waals surface area contributed by atoms with Crippen LogP contribution in [0.1, 0.15) is 44.8 Å². The number of hydrogen-bond donors (Lipinski definition) is 3. The van der Waals surface area contributed by atoms with E-state index in [4.69, 9.17) is 4.42 Å². The van der Waals surface area contributed by atoms with Crippen molar-refractivity contribution in [3.63, 3.8) is 0 Å². The fourth-order valence-electron chi connectivity index (χ4n) is 3.23. The van der Waals surface area contributed by atoms with E-state index in [0.717, 1.165) is 36.4 Å². The molecule has 0 radical (unpaired) electrons. The van der Waals surface area contributed by atoms with Crippen LogP contribution in [0.25, 0.3) is 10.8 Å². The predicted octanol–water partition coefficient (Wildman–Crippen LogP) is 4.27. The molecule has 3 N–H and O–H groups in total. The van der Waals surface area contributed by atoms with Gasteiger partial charge >= 0.3 is 0 Å². The van der Waals surface area contributed by atoms with E-state index in [-0.39, 0.29) is 17.0 Å². The highest BCUT2D eigenvalue weighted by molar-refractivity contribution is 5.90. The van der Waals surface area contributed by atoms with E-state index in [1.165, 1.54) is 0 Å². The van der Waals surface area contributed by atoms with Crippen LogP contribution in [0.15, 0.2) is 45.6 Å². The topological polar surface area (TPSA) is 92.2 Å². The molecule has 0 amide bonds. The number of nitrogens with one attached hydrogen (secondary N) is 3. The highest BCUT2D eigenvalue weighted by Crippen LogP contribution is 2.33. The van der Waals surface area contributed by atoms with E-state index >= 15 is 0 Å². The first kappa shape index (κ1) is 23.6. The quantitative estimate of drug-likeness (QED) is 0.500. The number of furan rings is 1. The second-order valence-corrected chi connectivity index (χ2v) is 8.34. The molecule has 2 heterocycles. The van der Waals surface area contributed by atoms with Crippen LogP contribution in [0.4, 0.5) is 5.82 Å². The summed E-state index contributed by atoms with van der Waals surface area (Å²) in [7, 11) is 3.25. The highest BCUT2D eigenvalue weighted by Gasteiger charge is 2.28. The van der Waals surface area contributed by atoms with Crippen LogP contribution >= 0.6 is 0 Å². The molecule has 3 rings (SSSR count). The zero-order valence-corrected chi connectivity index (χ0v) is 18.8. The summed E-state index contributed by atoms with van der Waals surface area (Å²) in [6, 6.07) is 11.7. The molecule has 0 aliphatic rings. The number of methoxy groups -OCH3 is 1. The number of aromatic nitrogens is 2. The predicted molar refractivity (Wildman–Crippen MR) is 122 cm³/mol. The molecule has 0 aliphatic heterocycles. The van der Waals surface area contributed by atoms with Crippen molar-refractivity contribution in [3.8, 4) is 0 Å². The number of hydrogen-bond acceptors (Lipinski definition) is 6. The Kier molecular flexibility index (Phi) is 8.62. The summed E-state index contributed by atoms with van der Waals surface area (Å²) in [6.45, 7) is 10.2. The molecule has 1 atom stereocenters. The van der Waals surface area contributed by atoms with Gasteiger partial charge in [-0.15, -0.1) is 0 Å². The average Bonchev–Trinajstić information content (AvgIpc) is 3.11. The third-order valence-electron chi connectivity index (χ3n) is 4.60. The molecule has 1 aromatic carbocycles. The first-order valence-electron chi connectivity index (χ1n) is 10.2. The molecule has 0 spiro atoms. The molecule has 3 aromatic rings. The summed E-state index contributed by atoms with van der Waals surface area (Å²) in [5.74, 6) is 2.61. The molecule has 164 valence electrons. The van der Waals surface area contributed by atoms with Crippen LogP contribution in [-0.2, 0) is 4.74 Å². The Morgan fingerprint density at radius 2 is 1.77 bits per heavy atom. The number of aryl methyl sites for hydroxylation is 1. The molecule has 0 bridgehead atoms. The van der Waals surface area contributed by atoms with Crippen LogP contribution in [0, 0.1) is 12.3 Å². The minimum Gasteiger partial charge on any atom is -0.465 e. The largest absolute Gasteiger partial charge is 0.465 e. The van der Waals surface area contributed by atoms with Crippen LogP contribution in [0.3, 0.4) is 0 Å². The molecule has 7 nitrogen and oxygen atoms in total. The van der Waals surface area contributed by atoms with Gasteiger partial charge in [0.2, 0.25) is 0 Å². The first-order valence-corrected chi connectivity index (χ1v) is 10.2. The van der Waals surface area contributed by atoms with Gasteiger partial charge in [0.15, 0.2) is 5.82 Å². The Bertz CT molecular complexity index is 972. The number of H-pyrrole nitrogens is 1. The SMILES string of the molecule is COC.Cc1ccc(C(NCCCNc2n[nH]c(=O)c3ccccc23)C(C)(C)C)o1. The summed E-state index contributed by atoms with van der Waals surface area (Å²) in [6.07, 6.45) is 0.918. The monoisotopic (exact) mass is 414 g/mol. The van der Waals surface area contributed by atoms with Crippen molar-refractivity contribution < 1.29 is 9.15 Å². The molecule has 0 fully saturated rings. The van der Waals surface area contributed by atoms with E-state index in [2.05, 4.69) is 46.3 Å². The maximum atomic E-state index is 11.8. The lowest BCUT2D eigenvalue weighted by Gasteiger charge is -2.30. The van der Waals surface area contributed by atoms with Gasteiger partial charge in [-0.05, 0) is 43.5 Å². The minimum absolute atomic E-state index is 0.0500. The van der Waals surface area contributed by atoms with E-state index in [1.807, 2.05) is 43.3 Å². The zero-order chi connectivity index (χ0) is 22.1. The molecule has 2 aromatic heterocycles. The van der Waals surface area contributed by atoms with E-state index in [0.29, 0.717) is 11.2 Å². The summed E-state index contributed by atoms with van der Waals surface area (Å²) in [5.41, 5.74) is -0.117. The number of fused-ring (bicyclic) bond motifs is 1. The molecule has 30 heavy (non-hydrogen) atoms. The highest BCUT2D eigenvalue weighted by atomic mass is 16.4. The van der Waals surface area contributed by atoms with Gasteiger partial charge in [0.25, 0.3) is 5.56 Å². The van der Waals surface area contributed by atoms with Crippen molar-refractivity contribution in [1.82, 2.24) is 15.5 Å². The Hall–Kier alpha value is -2.64. The summed E-state index contributed by atoms with van der Waals surface area (Å²) >= 11 is 0. The molecular formula is C23H34N4O3. The first-order chi connectivity index (χ1) is 14.3. The fraction of sp³-hybridized carbons (Fsp3) is 0.478. The number of benzene rings is 1. The Morgan fingerprint density at radius 1 is 1.10 bits per heavy atom. The number of ether oxygens (including phenoxy) is 1. The number of anilines is 1. The van der Waals surface area contributed by atoms with Crippen LogP contribution in [0.5, 0.6) is 0 Å². The van der Waals surface area contributed by atoms with Crippen molar-refractivity contribution in [3.05, 3.63) is 58.3 Å². The molecule has 0 saturated heterocycles.